The lowest BCUT2D eigenvalue weighted by Crippen LogP contribution is -2.39. The molecule has 3 heteroatoms. The van der Waals surface area contributed by atoms with Crippen LogP contribution in [-0.2, 0) is 4.79 Å². The summed E-state index contributed by atoms with van der Waals surface area (Å²) >= 11 is 0. The third kappa shape index (κ3) is 5.13. The van der Waals surface area contributed by atoms with Crippen molar-refractivity contribution >= 4 is 5.91 Å². The maximum Gasteiger partial charge on any atom is 0.220 e. The Morgan fingerprint density at radius 1 is 1.37 bits per heavy atom. The quantitative estimate of drug-likeness (QED) is 0.746. The molecule has 3 N–H and O–H groups in total. The molecule has 0 aromatic heterocycles. The molecule has 0 aliphatic heterocycles. The predicted octanol–water partition coefficient (Wildman–Crippen LogP) is 2.94. The minimum atomic E-state index is 0.199. The summed E-state index contributed by atoms with van der Waals surface area (Å²) < 4.78 is 0. The lowest BCUT2D eigenvalue weighted by atomic mass is 9.92. The lowest BCUT2D eigenvalue weighted by molar-refractivity contribution is -0.123. The number of hydrogen-bond acceptors (Lipinski definition) is 2. The monoisotopic (exact) mass is 268 g/mol. The Kier molecular flexibility index (Phi) is 6.84. The van der Waals surface area contributed by atoms with E-state index in [-0.39, 0.29) is 5.91 Å². The van der Waals surface area contributed by atoms with Crippen LogP contribution in [0.5, 0.6) is 0 Å². The van der Waals surface area contributed by atoms with Gasteiger partial charge in [-0.25, -0.2) is 0 Å². The average Bonchev–Trinajstić information content (AvgIpc) is 2.69. The van der Waals surface area contributed by atoms with Crippen LogP contribution in [0.1, 0.15) is 59.8 Å². The molecule has 0 bridgehead atoms. The highest BCUT2D eigenvalue weighted by molar-refractivity contribution is 5.76. The summed E-state index contributed by atoms with van der Waals surface area (Å²) in [6, 6.07) is 0.384. The second-order valence-electron chi connectivity index (χ2n) is 6.71. The van der Waals surface area contributed by atoms with E-state index in [0.717, 1.165) is 18.8 Å². The Morgan fingerprint density at radius 3 is 2.53 bits per heavy atom. The van der Waals surface area contributed by atoms with Crippen LogP contribution in [0.2, 0.25) is 0 Å². The zero-order valence-electron chi connectivity index (χ0n) is 13.1. The van der Waals surface area contributed by atoms with Crippen LogP contribution in [0.3, 0.4) is 0 Å². The Bertz CT molecular complexity index is 278. The molecule has 1 aliphatic carbocycles. The molecular formula is C16H32N2O. The summed E-state index contributed by atoms with van der Waals surface area (Å²) in [6.07, 6.45) is 5.26. The highest BCUT2D eigenvalue weighted by Gasteiger charge is 2.32. The first kappa shape index (κ1) is 16.5. The molecule has 1 rings (SSSR count). The lowest BCUT2D eigenvalue weighted by Gasteiger charge is -2.23. The van der Waals surface area contributed by atoms with Gasteiger partial charge in [0.15, 0.2) is 0 Å². The first-order valence-corrected chi connectivity index (χ1v) is 7.97. The molecule has 0 radical (unpaired) electrons. The minimum Gasteiger partial charge on any atom is -0.353 e. The number of carbonyl (C=O) groups excluding carboxylic acids is 1. The van der Waals surface area contributed by atoms with Crippen LogP contribution in [0.15, 0.2) is 0 Å². The van der Waals surface area contributed by atoms with Gasteiger partial charge in [-0.05, 0) is 49.5 Å². The van der Waals surface area contributed by atoms with Gasteiger partial charge in [0, 0.05) is 12.5 Å². The summed E-state index contributed by atoms with van der Waals surface area (Å²) in [6.45, 7) is 9.51. The van der Waals surface area contributed by atoms with E-state index < -0.39 is 0 Å². The van der Waals surface area contributed by atoms with Crippen molar-refractivity contribution in [1.82, 2.24) is 5.32 Å². The molecule has 0 heterocycles. The molecule has 19 heavy (non-hydrogen) atoms. The van der Waals surface area contributed by atoms with E-state index in [1.807, 2.05) is 0 Å². The fourth-order valence-electron chi connectivity index (χ4n) is 3.48. The van der Waals surface area contributed by atoms with Gasteiger partial charge in [-0.1, -0.05) is 34.1 Å². The summed E-state index contributed by atoms with van der Waals surface area (Å²) in [5.41, 5.74) is 5.77. The van der Waals surface area contributed by atoms with Gasteiger partial charge in [0.2, 0.25) is 5.91 Å². The molecule has 0 aromatic rings. The smallest absolute Gasteiger partial charge is 0.220 e. The molecule has 4 unspecified atom stereocenters. The van der Waals surface area contributed by atoms with Crippen molar-refractivity contribution in [2.45, 2.75) is 65.8 Å². The van der Waals surface area contributed by atoms with E-state index in [9.17, 15) is 4.79 Å². The largest absolute Gasteiger partial charge is 0.353 e. The topological polar surface area (TPSA) is 55.1 Å². The predicted molar refractivity (Wildman–Crippen MR) is 80.7 cm³/mol. The van der Waals surface area contributed by atoms with E-state index >= 15 is 0 Å². The van der Waals surface area contributed by atoms with Crippen molar-refractivity contribution in [2.75, 3.05) is 6.54 Å². The number of nitrogens with two attached hydrogens (primary N) is 1. The average molecular weight is 268 g/mol. The second kappa shape index (κ2) is 7.88. The Balaban J connectivity index is 2.38. The van der Waals surface area contributed by atoms with Gasteiger partial charge in [0.25, 0.3) is 0 Å². The van der Waals surface area contributed by atoms with Gasteiger partial charge < -0.3 is 11.1 Å². The van der Waals surface area contributed by atoms with Crippen LogP contribution in [0.25, 0.3) is 0 Å². The Morgan fingerprint density at radius 2 is 2.05 bits per heavy atom. The Hall–Kier alpha value is -0.570. The normalized spacial score (nSPS) is 28.6. The van der Waals surface area contributed by atoms with Crippen molar-refractivity contribution in [3.63, 3.8) is 0 Å². The molecule has 0 saturated heterocycles. The van der Waals surface area contributed by atoms with Crippen LogP contribution in [0.4, 0.5) is 0 Å². The first-order chi connectivity index (χ1) is 8.97. The zero-order valence-corrected chi connectivity index (χ0v) is 13.1. The molecule has 0 aromatic carbocycles. The van der Waals surface area contributed by atoms with E-state index in [0.29, 0.717) is 36.8 Å². The highest BCUT2D eigenvalue weighted by Crippen LogP contribution is 2.33. The van der Waals surface area contributed by atoms with E-state index in [4.69, 9.17) is 5.73 Å². The zero-order chi connectivity index (χ0) is 14.4. The molecule has 4 atom stereocenters. The molecule has 112 valence electrons. The van der Waals surface area contributed by atoms with Gasteiger partial charge in [0.05, 0.1) is 0 Å². The van der Waals surface area contributed by atoms with Gasteiger partial charge >= 0.3 is 0 Å². The van der Waals surface area contributed by atoms with Crippen molar-refractivity contribution in [1.29, 1.82) is 0 Å². The minimum absolute atomic E-state index is 0.199. The maximum absolute atomic E-state index is 12.1. The second-order valence-corrected chi connectivity index (χ2v) is 6.71. The van der Waals surface area contributed by atoms with Crippen molar-refractivity contribution < 1.29 is 4.79 Å². The fraction of sp³-hybridized carbons (Fsp3) is 0.938. The van der Waals surface area contributed by atoms with Crippen LogP contribution in [-0.4, -0.2) is 18.5 Å². The van der Waals surface area contributed by atoms with Crippen LogP contribution < -0.4 is 11.1 Å². The molecule has 1 saturated carbocycles. The standard InChI is InChI=1S/C16H32N2O/c1-5-14-6-7-15(12(14)4)18-16(19)9-13(10-17)8-11(2)3/h11-15H,5-10,17H2,1-4H3,(H,18,19). The number of carbonyl (C=O) groups is 1. The van der Waals surface area contributed by atoms with E-state index in [1.165, 1.54) is 12.8 Å². The molecule has 1 fully saturated rings. The number of rotatable bonds is 7. The van der Waals surface area contributed by atoms with Crippen molar-refractivity contribution in [2.24, 2.45) is 29.4 Å². The fourth-order valence-corrected chi connectivity index (χ4v) is 3.48. The third-order valence-corrected chi connectivity index (χ3v) is 4.71. The van der Waals surface area contributed by atoms with Gasteiger partial charge in [0.1, 0.15) is 0 Å². The highest BCUT2D eigenvalue weighted by atomic mass is 16.1. The SMILES string of the molecule is CCC1CCC(NC(=O)CC(CN)CC(C)C)C1C. The summed E-state index contributed by atoms with van der Waals surface area (Å²) in [5.74, 6) is 2.54. The third-order valence-electron chi connectivity index (χ3n) is 4.71. The van der Waals surface area contributed by atoms with Gasteiger partial charge in [-0.15, -0.1) is 0 Å². The van der Waals surface area contributed by atoms with Crippen molar-refractivity contribution in [3.8, 4) is 0 Å². The number of hydrogen-bond donors (Lipinski definition) is 2. The molecule has 0 spiro atoms. The molecule has 1 amide bonds. The molecule has 3 nitrogen and oxygen atoms in total. The van der Waals surface area contributed by atoms with Gasteiger partial charge in [-0.3, -0.25) is 4.79 Å². The summed E-state index contributed by atoms with van der Waals surface area (Å²) in [4.78, 5) is 12.1. The Labute approximate surface area is 118 Å². The van der Waals surface area contributed by atoms with Gasteiger partial charge in [-0.2, -0.15) is 0 Å². The first-order valence-electron chi connectivity index (χ1n) is 7.97. The summed E-state index contributed by atoms with van der Waals surface area (Å²) in [5, 5.41) is 3.24. The number of nitrogens with one attached hydrogen (secondary N) is 1. The van der Waals surface area contributed by atoms with Crippen molar-refractivity contribution in [3.05, 3.63) is 0 Å². The van der Waals surface area contributed by atoms with Crippen LogP contribution >= 0.6 is 0 Å². The summed E-state index contributed by atoms with van der Waals surface area (Å²) in [7, 11) is 0. The van der Waals surface area contributed by atoms with E-state index in [1.54, 1.807) is 0 Å². The molecule has 1 aliphatic rings. The maximum atomic E-state index is 12.1. The van der Waals surface area contributed by atoms with Crippen LogP contribution in [0, 0.1) is 23.7 Å². The van der Waals surface area contributed by atoms with E-state index in [2.05, 4.69) is 33.0 Å². The molecular weight excluding hydrogens is 236 g/mol. The number of amides is 1.